The first-order valence-electron chi connectivity index (χ1n) is 6.66. The molecule has 0 aliphatic rings. The van der Waals surface area contributed by atoms with Gasteiger partial charge in [0.15, 0.2) is 5.78 Å². The van der Waals surface area contributed by atoms with E-state index >= 15 is 0 Å². The molecule has 0 heterocycles. The average Bonchev–Trinajstić information content (AvgIpc) is 2.48. The predicted molar refractivity (Wildman–Crippen MR) is 79.0 cm³/mol. The van der Waals surface area contributed by atoms with Gasteiger partial charge in [-0.25, -0.2) is 4.79 Å². The van der Waals surface area contributed by atoms with Crippen molar-refractivity contribution in [2.75, 3.05) is 6.61 Å². The van der Waals surface area contributed by atoms with E-state index in [1.165, 1.54) is 6.92 Å². The van der Waals surface area contributed by atoms with E-state index in [0.717, 1.165) is 0 Å². The molecule has 0 unspecified atom stereocenters. The van der Waals surface area contributed by atoms with Gasteiger partial charge < -0.3 is 9.47 Å². The summed E-state index contributed by atoms with van der Waals surface area (Å²) < 4.78 is 10.6. The van der Waals surface area contributed by atoms with Crippen LogP contribution in [0.25, 0.3) is 0 Å². The molecule has 0 atom stereocenters. The first-order valence-corrected chi connectivity index (χ1v) is 6.66. The fraction of sp³-hybridized carbons (Fsp3) is 0.176. The third kappa shape index (κ3) is 3.92. The summed E-state index contributed by atoms with van der Waals surface area (Å²) >= 11 is 0. The number of carbonyl (C=O) groups excluding carboxylic acids is 2. The maximum atomic E-state index is 12.0. The number of ketones is 1. The molecule has 108 valence electrons. The minimum atomic E-state index is -0.466. The minimum Gasteiger partial charge on any atom is -0.494 e. The Morgan fingerprint density at radius 3 is 2.29 bits per heavy atom. The van der Waals surface area contributed by atoms with Crippen molar-refractivity contribution in [2.45, 2.75) is 13.8 Å². The van der Waals surface area contributed by atoms with Crippen molar-refractivity contribution in [1.29, 1.82) is 0 Å². The molecule has 0 aliphatic heterocycles. The van der Waals surface area contributed by atoms with E-state index in [1.807, 2.05) is 6.92 Å². The van der Waals surface area contributed by atoms with Gasteiger partial charge in [-0.15, -0.1) is 0 Å². The smallest absolute Gasteiger partial charge is 0.343 e. The molecule has 2 aromatic carbocycles. The Labute approximate surface area is 123 Å². The first kappa shape index (κ1) is 14.8. The van der Waals surface area contributed by atoms with Crippen LogP contribution in [-0.4, -0.2) is 18.4 Å². The van der Waals surface area contributed by atoms with Crippen LogP contribution < -0.4 is 9.47 Å². The Morgan fingerprint density at radius 1 is 0.952 bits per heavy atom. The number of esters is 1. The van der Waals surface area contributed by atoms with E-state index in [4.69, 9.17) is 9.47 Å². The second-order valence-electron chi connectivity index (χ2n) is 4.43. The van der Waals surface area contributed by atoms with Crippen LogP contribution in [-0.2, 0) is 0 Å². The Hall–Kier alpha value is -2.62. The van der Waals surface area contributed by atoms with Gasteiger partial charge in [-0.05, 0) is 56.3 Å². The van der Waals surface area contributed by atoms with Gasteiger partial charge in [-0.2, -0.15) is 0 Å². The molecule has 0 aliphatic carbocycles. The van der Waals surface area contributed by atoms with E-state index in [1.54, 1.807) is 48.5 Å². The molecule has 0 saturated heterocycles. The van der Waals surface area contributed by atoms with Gasteiger partial charge in [0.05, 0.1) is 12.2 Å². The Morgan fingerprint density at radius 2 is 1.67 bits per heavy atom. The van der Waals surface area contributed by atoms with E-state index in [-0.39, 0.29) is 5.78 Å². The largest absolute Gasteiger partial charge is 0.494 e. The second kappa shape index (κ2) is 6.70. The number of hydrogen-bond donors (Lipinski definition) is 0. The molecule has 0 bridgehead atoms. The lowest BCUT2D eigenvalue weighted by Crippen LogP contribution is -2.08. The third-order valence-electron chi connectivity index (χ3n) is 2.85. The highest BCUT2D eigenvalue weighted by molar-refractivity contribution is 5.94. The molecular formula is C17H16O4. The lowest BCUT2D eigenvalue weighted by atomic mass is 10.1. The molecule has 0 amide bonds. The van der Waals surface area contributed by atoms with Crippen molar-refractivity contribution in [3.8, 4) is 11.5 Å². The van der Waals surface area contributed by atoms with Crippen LogP contribution in [0, 0.1) is 0 Å². The Kier molecular flexibility index (Phi) is 4.72. The Balaban J connectivity index is 2.10. The van der Waals surface area contributed by atoms with Gasteiger partial charge in [0.1, 0.15) is 11.5 Å². The number of rotatable bonds is 5. The van der Waals surface area contributed by atoms with Crippen molar-refractivity contribution < 1.29 is 19.1 Å². The highest BCUT2D eigenvalue weighted by atomic mass is 16.5. The molecule has 0 saturated carbocycles. The van der Waals surface area contributed by atoms with Crippen LogP contribution in [0.15, 0.2) is 48.5 Å². The zero-order chi connectivity index (χ0) is 15.2. The van der Waals surface area contributed by atoms with Crippen LogP contribution in [0.5, 0.6) is 11.5 Å². The molecule has 0 N–H and O–H groups in total. The maximum Gasteiger partial charge on any atom is 0.343 e. The van der Waals surface area contributed by atoms with E-state index in [0.29, 0.717) is 29.2 Å². The van der Waals surface area contributed by atoms with Crippen molar-refractivity contribution in [3.63, 3.8) is 0 Å². The van der Waals surface area contributed by atoms with Gasteiger partial charge in [-0.1, -0.05) is 6.07 Å². The highest BCUT2D eigenvalue weighted by Crippen LogP contribution is 2.17. The predicted octanol–water partition coefficient (Wildman–Crippen LogP) is 3.51. The summed E-state index contributed by atoms with van der Waals surface area (Å²) in [6.07, 6.45) is 0. The van der Waals surface area contributed by atoms with Crippen LogP contribution >= 0.6 is 0 Å². The summed E-state index contributed by atoms with van der Waals surface area (Å²) in [6.45, 7) is 3.90. The second-order valence-corrected chi connectivity index (χ2v) is 4.43. The maximum absolute atomic E-state index is 12.0. The summed E-state index contributed by atoms with van der Waals surface area (Å²) in [6, 6.07) is 13.3. The van der Waals surface area contributed by atoms with Crippen molar-refractivity contribution in [2.24, 2.45) is 0 Å². The summed E-state index contributed by atoms with van der Waals surface area (Å²) in [4.78, 5) is 23.2. The van der Waals surface area contributed by atoms with Crippen molar-refractivity contribution in [1.82, 2.24) is 0 Å². The molecule has 2 aromatic rings. The normalized spacial score (nSPS) is 10.0. The van der Waals surface area contributed by atoms with Crippen LogP contribution in [0.3, 0.4) is 0 Å². The monoisotopic (exact) mass is 284 g/mol. The molecule has 4 heteroatoms. The molecule has 0 aromatic heterocycles. The fourth-order valence-corrected chi connectivity index (χ4v) is 1.80. The van der Waals surface area contributed by atoms with Gasteiger partial charge >= 0.3 is 5.97 Å². The lowest BCUT2D eigenvalue weighted by molar-refractivity contribution is 0.0734. The molecular weight excluding hydrogens is 268 g/mol. The molecule has 0 spiro atoms. The van der Waals surface area contributed by atoms with E-state index in [9.17, 15) is 9.59 Å². The molecule has 0 radical (unpaired) electrons. The summed E-state index contributed by atoms with van der Waals surface area (Å²) in [5.41, 5.74) is 0.990. The molecule has 4 nitrogen and oxygen atoms in total. The van der Waals surface area contributed by atoms with Crippen molar-refractivity contribution >= 4 is 11.8 Å². The first-order chi connectivity index (χ1) is 10.1. The standard InChI is InChI=1S/C17H16O4/c1-3-20-16-6-4-5-14(11-16)17(19)21-15-9-7-13(8-10-15)12(2)18/h4-11H,3H2,1-2H3. The number of hydrogen-bond acceptors (Lipinski definition) is 4. The zero-order valence-electron chi connectivity index (χ0n) is 12.0. The summed E-state index contributed by atoms with van der Waals surface area (Å²) in [5.74, 6) is 0.523. The third-order valence-corrected chi connectivity index (χ3v) is 2.85. The molecule has 0 fully saturated rings. The number of benzene rings is 2. The van der Waals surface area contributed by atoms with Gasteiger partial charge in [0, 0.05) is 5.56 Å². The van der Waals surface area contributed by atoms with Crippen molar-refractivity contribution in [3.05, 3.63) is 59.7 Å². The van der Waals surface area contributed by atoms with Gasteiger partial charge in [0.2, 0.25) is 0 Å². The molecule has 21 heavy (non-hydrogen) atoms. The fourth-order valence-electron chi connectivity index (χ4n) is 1.80. The van der Waals surface area contributed by atoms with Gasteiger partial charge in [0.25, 0.3) is 0 Å². The average molecular weight is 284 g/mol. The number of Topliss-reactive ketones (excluding diaryl/α,β-unsaturated/α-hetero) is 1. The zero-order valence-corrected chi connectivity index (χ0v) is 12.0. The number of ether oxygens (including phenoxy) is 2. The van der Waals surface area contributed by atoms with Gasteiger partial charge in [-0.3, -0.25) is 4.79 Å². The minimum absolute atomic E-state index is 0.0303. The molecule has 2 rings (SSSR count). The Bertz CT molecular complexity index is 644. The quantitative estimate of drug-likeness (QED) is 0.479. The van der Waals surface area contributed by atoms with E-state index in [2.05, 4.69) is 0 Å². The summed E-state index contributed by atoms with van der Waals surface area (Å²) in [7, 11) is 0. The number of carbonyl (C=O) groups is 2. The highest BCUT2D eigenvalue weighted by Gasteiger charge is 2.10. The SMILES string of the molecule is CCOc1cccc(C(=O)Oc2ccc(C(C)=O)cc2)c1. The van der Waals surface area contributed by atoms with E-state index < -0.39 is 5.97 Å². The lowest BCUT2D eigenvalue weighted by Gasteiger charge is -2.07. The van der Waals surface area contributed by atoms with Crippen LogP contribution in [0.4, 0.5) is 0 Å². The summed E-state index contributed by atoms with van der Waals surface area (Å²) in [5, 5.41) is 0. The van der Waals surface area contributed by atoms with Crippen LogP contribution in [0.1, 0.15) is 34.6 Å². The topological polar surface area (TPSA) is 52.6 Å². The van der Waals surface area contributed by atoms with Crippen LogP contribution in [0.2, 0.25) is 0 Å².